The molecule has 0 radical (unpaired) electrons. The number of nitriles is 1. The highest BCUT2D eigenvalue weighted by Crippen LogP contribution is 2.33. The average Bonchev–Trinajstić information content (AvgIpc) is 3.06. The molecule has 6 heteroatoms. The summed E-state index contributed by atoms with van der Waals surface area (Å²) >= 11 is 0. The van der Waals surface area contributed by atoms with Crippen molar-refractivity contribution in [3.05, 3.63) is 59.8 Å². The Balaban J connectivity index is 2.27. The van der Waals surface area contributed by atoms with Crippen LogP contribution in [0.25, 0.3) is 22.0 Å². The molecule has 3 rings (SSSR count). The second-order valence-corrected chi connectivity index (χ2v) is 7.28. The number of hydrogen-bond donors (Lipinski definition) is 0. The average molecular weight is 376 g/mol. The molecule has 28 heavy (non-hydrogen) atoms. The van der Waals surface area contributed by atoms with Gasteiger partial charge >= 0.3 is 12.1 Å². The minimum Gasteiger partial charge on any atom is -0.465 e. The van der Waals surface area contributed by atoms with Crippen LogP contribution >= 0.6 is 0 Å². The third-order valence-electron chi connectivity index (χ3n) is 4.15. The van der Waals surface area contributed by atoms with Gasteiger partial charge in [-0.2, -0.15) is 5.26 Å². The molecule has 0 bridgehead atoms. The fourth-order valence-electron chi connectivity index (χ4n) is 2.97. The number of esters is 1. The van der Waals surface area contributed by atoms with E-state index in [1.807, 2.05) is 6.07 Å². The van der Waals surface area contributed by atoms with E-state index in [2.05, 4.69) is 6.07 Å². The Morgan fingerprint density at radius 3 is 2.32 bits per heavy atom. The zero-order valence-electron chi connectivity index (χ0n) is 16.1. The van der Waals surface area contributed by atoms with Crippen LogP contribution in [0.1, 0.15) is 36.7 Å². The van der Waals surface area contributed by atoms with Crippen LogP contribution in [0.5, 0.6) is 0 Å². The Kier molecular flexibility index (Phi) is 4.93. The summed E-state index contributed by atoms with van der Waals surface area (Å²) in [6.07, 6.45) is 1.06. The highest BCUT2D eigenvalue weighted by Gasteiger charge is 2.24. The lowest BCUT2D eigenvalue weighted by Gasteiger charge is -2.20. The second kappa shape index (κ2) is 7.20. The Morgan fingerprint density at radius 2 is 1.75 bits per heavy atom. The number of methoxy groups -OCH3 is 1. The lowest BCUT2D eigenvalue weighted by atomic mass is 10.0. The standard InChI is InChI=1S/C22H20N2O4/c1-22(2,3)28-21(26)24-13-18(15-10-8-14(12-23)9-11-15)16-6-5-7-17(19(16)24)20(25)27-4/h5-11,13H,1-4H3. The molecule has 0 spiro atoms. The molecule has 0 atom stereocenters. The summed E-state index contributed by atoms with van der Waals surface area (Å²) in [7, 11) is 1.30. The van der Waals surface area contributed by atoms with Crippen LogP contribution in [0.4, 0.5) is 4.79 Å². The summed E-state index contributed by atoms with van der Waals surface area (Å²) in [5.41, 5.74) is 2.09. The van der Waals surface area contributed by atoms with Gasteiger partial charge in [-0.3, -0.25) is 4.57 Å². The first kappa shape index (κ1) is 19.2. The van der Waals surface area contributed by atoms with Crippen molar-refractivity contribution in [1.29, 1.82) is 5.26 Å². The molecule has 3 aromatic rings. The number of hydrogen-bond acceptors (Lipinski definition) is 5. The summed E-state index contributed by atoms with van der Waals surface area (Å²) in [4.78, 5) is 25.1. The van der Waals surface area contributed by atoms with Crippen LogP contribution in [0.2, 0.25) is 0 Å². The topological polar surface area (TPSA) is 81.3 Å². The summed E-state index contributed by atoms with van der Waals surface area (Å²) in [5, 5.41) is 9.72. The summed E-state index contributed by atoms with van der Waals surface area (Å²) in [6, 6.07) is 14.3. The highest BCUT2D eigenvalue weighted by atomic mass is 16.6. The first-order valence-corrected chi connectivity index (χ1v) is 8.71. The van der Waals surface area contributed by atoms with E-state index < -0.39 is 17.7 Å². The maximum Gasteiger partial charge on any atom is 0.419 e. The van der Waals surface area contributed by atoms with E-state index in [0.29, 0.717) is 16.5 Å². The molecule has 0 N–H and O–H groups in total. The van der Waals surface area contributed by atoms with Gasteiger partial charge in [-0.05, 0) is 44.5 Å². The Labute approximate surface area is 162 Å². The van der Waals surface area contributed by atoms with Gasteiger partial charge in [0.05, 0.1) is 29.8 Å². The molecular weight excluding hydrogens is 356 g/mol. The van der Waals surface area contributed by atoms with E-state index >= 15 is 0 Å². The smallest absolute Gasteiger partial charge is 0.419 e. The van der Waals surface area contributed by atoms with Crippen molar-refractivity contribution in [3.63, 3.8) is 0 Å². The molecule has 1 aromatic heterocycles. The molecule has 1 heterocycles. The predicted molar refractivity (Wildman–Crippen MR) is 105 cm³/mol. The molecule has 142 valence electrons. The van der Waals surface area contributed by atoms with E-state index in [1.54, 1.807) is 63.4 Å². The first-order chi connectivity index (χ1) is 13.2. The van der Waals surface area contributed by atoms with Crippen molar-refractivity contribution < 1.29 is 19.1 Å². The van der Waals surface area contributed by atoms with Gasteiger partial charge < -0.3 is 9.47 Å². The summed E-state index contributed by atoms with van der Waals surface area (Å²) in [5.74, 6) is -0.542. The quantitative estimate of drug-likeness (QED) is 0.603. The number of rotatable bonds is 2. The van der Waals surface area contributed by atoms with Gasteiger partial charge in [0, 0.05) is 17.1 Å². The minimum atomic E-state index is -0.692. The third-order valence-corrected chi connectivity index (χ3v) is 4.15. The third kappa shape index (κ3) is 3.60. The van der Waals surface area contributed by atoms with Crippen LogP contribution < -0.4 is 0 Å². The lowest BCUT2D eigenvalue weighted by Crippen LogP contribution is -2.27. The van der Waals surface area contributed by atoms with Crippen molar-refractivity contribution in [2.24, 2.45) is 0 Å². The van der Waals surface area contributed by atoms with Crippen LogP contribution in [0, 0.1) is 11.3 Å². The van der Waals surface area contributed by atoms with E-state index in [4.69, 9.17) is 14.7 Å². The van der Waals surface area contributed by atoms with Gasteiger partial charge in [0.25, 0.3) is 0 Å². The SMILES string of the molecule is COC(=O)c1cccc2c(-c3ccc(C#N)cc3)cn(C(=O)OC(C)(C)C)c12. The normalized spacial score (nSPS) is 11.1. The molecule has 0 amide bonds. The van der Waals surface area contributed by atoms with Crippen LogP contribution in [0.15, 0.2) is 48.7 Å². The van der Waals surface area contributed by atoms with Crippen LogP contribution in [0.3, 0.4) is 0 Å². The maximum atomic E-state index is 12.8. The molecule has 0 saturated carbocycles. The van der Waals surface area contributed by atoms with Gasteiger partial charge in [0.2, 0.25) is 0 Å². The molecule has 0 fully saturated rings. The Morgan fingerprint density at radius 1 is 1.07 bits per heavy atom. The molecule has 6 nitrogen and oxygen atoms in total. The molecular formula is C22H20N2O4. The van der Waals surface area contributed by atoms with E-state index in [9.17, 15) is 9.59 Å². The van der Waals surface area contributed by atoms with Crippen LogP contribution in [-0.2, 0) is 9.47 Å². The second-order valence-electron chi connectivity index (χ2n) is 7.28. The van der Waals surface area contributed by atoms with Gasteiger partial charge in [0.15, 0.2) is 0 Å². The van der Waals surface area contributed by atoms with Crippen molar-refractivity contribution in [1.82, 2.24) is 4.57 Å². The number of carbonyl (C=O) groups excluding carboxylic acids is 2. The number of benzene rings is 2. The van der Waals surface area contributed by atoms with Crippen molar-refractivity contribution in [2.45, 2.75) is 26.4 Å². The number of carbonyl (C=O) groups is 2. The van der Waals surface area contributed by atoms with Crippen molar-refractivity contribution in [3.8, 4) is 17.2 Å². The zero-order valence-corrected chi connectivity index (χ0v) is 16.1. The predicted octanol–water partition coefficient (Wildman–Crippen LogP) is 4.75. The number of fused-ring (bicyclic) bond motifs is 1. The Bertz CT molecular complexity index is 1100. The minimum absolute atomic E-state index is 0.269. The van der Waals surface area contributed by atoms with E-state index in [-0.39, 0.29) is 5.56 Å². The summed E-state index contributed by atoms with van der Waals surface area (Å²) in [6.45, 7) is 5.33. The number of aromatic nitrogens is 1. The number of para-hydroxylation sites is 1. The zero-order chi connectivity index (χ0) is 20.5. The van der Waals surface area contributed by atoms with Gasteiger partial charge in [-0.25, -0.2) is 9.59 Å². The molecule has 0 unspecified atom stereocenters. The monoisotopic (exact) mass is 376 g/mol. The largest absolute Gasteiger partial charge is 0.465 e. The van der Waals surface area contributed by atoms with Gasteiger partial charge in [-0.15, -0.1) is 0 Å². The lowest BCUT2D eigenvalue weighted by molar-refractivity contribution is 0.0544. The number of ether oxygens (including phenoxy) is 2. The van der Waals surface area contributed by atoms with Gasteiger partial charge in [-0.1, -0.05) is 24.3 Å². The first-order valence-electron chi connectivity index (χ1n) is 8.71. The molecule has 0 aliphatic carbocycles. The highest BCUT2D eigenvalue weighted by molar-refractivity contribution is 6.10. The van der Waals surface area contributed by atoms with Crippen molar-refractivity contribution >= 4 is 23.0 Å². The molecule has 2 aromatic carbocycles. The molecule has 0 aliphatic rings. The molecule has 0 aliphatic heterocycles. The maximum absolute atomic E-state index is 12.8. The number of nitrogens with zero attached hydrogens (tertiary/aromatic N) is 2. The van der Waals surface area contributed by atoms with Crippen molar-refractivity contribution in [2.75, 3.05) is 7.11 Å². The molecule has 0 saturated heterocycles. The Hall–Kier alpha value is -3.59. The van der Waals surface area contributed by atoms with Crippen LogP contribution in [-0.4, -0.2) is 29.3 Å². The fourth-order valence-corrected chi connectivity index (χ4v) is 2.97. The van der Waals surface area contributed by atoms with Gasteiger partial charge in [0.1, 0.15) is 5.60 Å². The summed E-state index contributed by atoms with van der Waals surface area (Å²) < 4.78 is 11.7. The fraction of sp³-hybridized carbons (Fsp3) is 0.227. The van der Waals surface area contributed by atoms with E-state index in [1.165, 1.54) is 11.7 Å². The van der Waals surface area contributed by atoms with E-state index in [0.717, 1.165) is 11.1 Å².